The average molecular weight is 280 g/mol. The Morgan fingerprint density at radius 2 is 2.00 bits per heavy atom. The maximum Gasteiger partial charge on any atom is 0.0693 e. The molecule has 0 atom stereocenters. The summed E-state index contributed by atoms with van der Waals surface area (Å²) in [5.74, 6) is 0. The van der Waals surface area contributed by atoms with Gasteiger partial charge in [-0.3, -0.25) is 0 Å². The first-order valence-electron chi connectivity index (χ1n) is 3.20. The number of hydrogen-bond acceptors (Lipinski definition) is 1. The Labute approximate surface area is 82.7 Å². The number of aryl methyl sites for hydroxylation is 1. The van der Waals surface area contributed by atoms with Crippen molar-refractivity contribution in [1.29, 1.82) is 0 Å². The van der Waals surface area contributed by atoms with Gasteiger partial charge in [-0.1, -0.05) is 31.9 Å². The summed E-state index contributed by atoms with van der Waals surface area (Å²) < 4.78 is 1.99. The van der Waals surface area contributed by atoms with E-state index < -0.39 is 0 Å². The fourth-order valence-corrected chi connectivity index (χ4v) is 1.88. The molecule has 0 aliphatic carbocycles. The van der Waals surface area contributed by atoms with E-state index in [1.807, 2.05) is 19.1 Å². The molecule has 1 nitrogen and oxygen atoms in total. The van der Waals surface area contributed by atoms with Gasteiger partial charge in [-0.15, -0.1) is 0 Å². The van der Waals surface area contributed by atoms with Gasteiger partial charge in [-0.2, -0.15) is 0 Å². The number of rotatable bonds is 1. The lowest BCUT2D eigenvalue weighted by molar-refractivity contribution is 0.281. The van der Waals surface area contributed by atoms with Gasteiger partial charge in [0.25, 0.3) is 0 Å². The van der Waals surface area contributed by atoms with Gasteiger partial charge in [0.1, 0.15) is 0 Å². The Balaban J connectivity index is 3.24. The second-order valence-electron chi connectivity index (χ2n) is 2.35. The van der Waals surface area contributed by atoms with E-state index in [4.69, 9.17) is 5.11 Å². The van der Waals surface area contributed by atoms with Crippen LogP contribution < -0.4 is 0 Å². The predicted octanol–water partition coefficient (Wildman–Crippen LogP) is 3.01. The lowest BCUT2D eigenvalue weighted by Gasteiger charge is -2.04. The molecular weight excluding hydrogens is 272 g/mol. The fourth-order valence-electron chi connectivity index (χ4n) is 0.910. The summed E-state index contributed by atoms with van der Waals surface area (Å²) >= 11 is 6.75. The van der Waals surface area contributed by atoms with Crippen LogP contribution in [0.3, 0.4) is 0 Å². The third-order valence-electron chi connectivity index (χ3n) is 1.46. The molecule has 11 heavy (non-hydrogen) atoms. The second kappa shape index (κ2) is 3.70. The smallest absolute Gasteiger partial charge is 0.0693 e. The van der Waals surface area contributed by atoms with Crippen LogP contribution in [0.5, 0.6) is 0 Å². The zero-order valence-electron chi connectivity index (χ0n) is 6.06. The van der Waals surface area contributed by atoms with Crippen LogP contribution in [0.2, 0.25) is 0 Å². The first-order chi connectivity index (χ1) is 5.15. The molecule has 0 aliphatic rings. The summed E-state index contributed by atoms with van der Waals surface area (Å²) in [4.78, 5) is 0. The molecule has 60 valence electrons. The van der Waals surface area contributed by atoms with Crippen LogP contribution in [0.15, 0.2) is 21.1 Å². The van der Waals surface area contributed by atoms with Gasteiger partial charge >= 0.3 is 0 Å². The van der Waals surface area contributed by atoms with E-state index in [0.717, 1.165) is 20.1 Å². The van der Waals surface area contributed by atoms with E-state index in [-0.39, 0.29) is 6.61 Å². The summed E-state index contributed by atoms with van der Waals surface area (Å²) in [7, 11) is 0. The van der Waals surface area contributed by atoms with Crippen LogP contribution in [0, 0.1) is 6.92 Å². The van der Waals surface area contributed by atoms with Gasteiger partial charge in [-0.25, -0.2) is 0 Å². The number of halogens is 2. The molecule has 0 bridgehead atoms. The van der Waals surface area contributed by atoms with Crippen molar-refractivity contribution >= 4 is 31.9 Å². The minimum Gasteiger partial charge on any atom is -0.392 e. The maximum atomic E-state index is 8.92. The molecule has 0 radical (unpaired) electrons. The fraction of sp³-hybridized carbons (Fsp3) is 0.250. The molecule has 0 unspecified atom stereocenters. The van der Waals surface area contributed by atoms with E-state index in [0.29, 0.717) is 0 Å². The molecule has 0 spiro atoms. The molecule has 1 rings (SSSR count). The molecule has 1 aromatic rings. The minimum atomic E-state index is 0.0703. The van der Waals surface area contributed by atoms with E-state index in [9.17, 15) is 0 Å². The maximum absolute atomic E-state index is 8.92. The minimum absolute atomic E-state index is 0.0703. The topological polar surface area (TPSA) is 20.2 Å². The molecular formula is C8H8Br2O. The van der Waals surface area contributed by atoms with Crippen LogP contribution in [-0.4, -0.2) is 5.11 Å². The van der Waals surface area contributed by atoms with Crippen molar-refractivity contribution in [2.45, 2.75) is 13.5 Å². The lowest BCUT2D eigenvalue weighted by atomic mass is 10.1. The SMILES string of the molecule is Cc1cc(Br)cc(CO)c1Br. The molecule has 0 saturated heterocycles. The summed E-state index contributed by atoms with van der Waals surface area (Å²) in [5.41, 5.74) is 2.04. The number of hydrogen-bond donors (Lipinski definition) is 1. The Hall–Kier alpha value is 0.140. The van der Waals surface area contributed by atoms with Crippen molar-refractivity contribution in [3.05, 3.63) is 32.2 Å². The average Bonchev–Trinajstić information content (AvgIpc) is 1.96. The van der Waals surface area contributed by atoms with E-state index in [2.05, 4.69) is 31.9 Å². The number of aliphatic hydroxyl groups excluding tert-OH is 1. The molecule has 0 saturated carbocycles. The summed E-state index contributed by atoms with van der Waals surface area (Å²) in [6.07, 6.45) is 0. The summed E-state index contributed by atoms with van der Waals surface area (Å²) in [5, 5.41) is 8.92. The summed E-state index contributed by atoms with van der Waals surface area (Å²) in [6.45, 7) is 2.06. The monoisotopic (exact) mass is 278 g/mol. The molecule has 0 aliphatic heterocycles. The van der Waals surface area contributed by atoms with E-state index >= 15 is 0 Å². The van der Waals surface area contributed by atoms with Gasteiger partial charge in [0.05, 0.1) is 6.61 Å². The van der Waals surface area contributed by atoms with Crippen LogP contribution in [-0.2, 0) is 6.61 Å². The third kappa shape index (κ3) is 2.04. The Kier molecular flexibility index (Phi) is 3.10. The highest BCUT2D eigenvalue weighted by Crippen LogP contribution is 2.25. The van der Waals surface area contributed by atoms with Gasteiger partial charge in [0.2, 0.25) is 0 Å². The van der Waals surface area contributed by atoms with E-state index in [1.165, 1.54) is 0 Å². The van der Waals surface area contributed by atoms with Crippen molar-refractivity contribution in [2.24, 2.45) is 0 Å². The van der Waals surface area contributed by atoms with Crippen LogP contribution >= 0.6 is 31.9 Å². The van der Waals surface area contributed by atoms with Gasteiger partial charge in [0, 0.05) is 8.95 Å². The van der Waals surface area contributed by atoms with Crippen molar-refractivity contribution in [2.75, 3.05) is 0 Å². The molecule has 1 N–H and O–H groups in total. The molecule has 3 heteroatoms. The highest BCUT2D eigenvalue weighted by Gasteiger charge is 2.02. The molecule has 0 fully saturated rings. The number of aliphatic hydroxyl groups is 1. The van der Waals surface area contributed by atoms with Crippen LogP contribution in [0.4, 0.5) is 0 Å². The quantitative estimate of drug-likeness (QED) is 0.838. The van der Waals surface area contributed by atoms with Crippen molar-refractivity contribution in [1.82, 2.24) is 0 Å². The van der Waals surface area contributed by atoms with Crippen LogP contribution in [0.1, 0.15) is 11.1 Å². The van der Waals surface area contributed by atoms with Gasteiger partial charge in [0.15, 0.2) is 0 Å². The second-order valence-corrected chi connectivity index (χ2v) is 4.06. The van der Waals surface area contributed by atoms with Gasteiger partial charge in [-0.05, 0) is 30.2 Å². The highest BCUT2D eigenvalue weighted by molar-refractivity contribution is 9.11. The van der Waals surface area contributed by atoms with Gasteiger partial charge < -0.3 is 5.11 Å². The normalized spacial score (nSPS) is 10.2. The zero-order valence-corrected chi connectivity index (χ0v) is 9.24. The Morgan fingerprint density at radius 1 is 1.36 bits per heavy atom. The highest BCUT2D eigenvalue weighted by atomic mass is 79.9. The zero-order chi connectivity index (χ0) is 8.43. The Bertz CT molecular complexity index is 271. The number of benzene rings is 1. The molecule has 0 heterocycles. The standard InChI is InChI=1S/C8H8Br2O/c1-5-2-7(9)3-6(4-11)8(5)10/h2-3,11H,4H2,1H3. The van der Waals surface area contributed by atoms with Crippen LogP contribution in [0.25, 0.3) is 0 Å². The van der Waals surface area contributed by atoms with Crippen molar-refractivity contribution in [3.63, 3.8) is 0 Å². The largest absolute Gasteiger partial charge is 0.392 e. The predicted molar refractivity (Wildman–Crippen MR) is 52.5 cm³/mol. The molecule has 1 aromatic carbocycles. The first kappa shape index (κ1) is 9.23. The molecule has 0 amide bonds. The van der Waals surface area contributed by atoms with E-state index in [1.54, 1.807) is 0 Å². The summed E-state index contributed by atoms with van der Waals surface area (Å²) in [6, 6.07) is 3.90. The lowest BCUT2D eigenvalue weighted by Crippen LogP contribution is -1.88. The van der Waals surface area contributed by atoms with Crippen molar-refractivity contribution in [3.8, 4) is 0 Å². The molecule has 0 aromatic heterocycles. The Morgan fingerprint density at radius 3 is 2.55 bits per heavy atom. The third-order valence-corrected chi connectivity index (χ3v) is 3.06. The first-order valence-corrected chi connectivity index (χ1v) is 4.79. The van der Waals surface area contributed by atoms with Crippen molar-refractivity contribution < 1.29 is 5.11 Å².